The molecule has 0 aromatic carbocycles. The fraction of sp³-hybridized carbons (Fsp3) is 0.769. The molecule has 0 spiro atoms. The van der Waals surface area contributed by atoms with Crippen LogP contribution in [0, 0.1) is 0 Å². The van der Waals surface area contributed by atoms with Gasteiger partial charge in [-0.25, -0.2) is 4.68 Å². The zero-order valence-electron chi connectivity index (χ0n) is 13.4. The number of hydrogen-bond acceptors (Lipinski definition) is 6. The number of rotatable bonds is 6. The highest BCUT2D eigenvalue weighted by atomic mass is 32.2. The van der Waals surface area contributed by atoms with E-state index >= 15 is 0 Å². The van der Waals surface area contributed by atoms with Crippen LogP contribution in [0.25, 0.3) is 0 Å². The normalized spacial score (nSPS) is 14.7. The van der Waals surface area contributed by atoms with Crippen molar-refractivity contribution in [2.24, 2.45) is 0 Å². The van der Waals surface area contributed by atoms with E-state index in [9.17, 15) is 9.59 Å². The van der Waals surface area contributed by atoms with Crippen LogP contribution in [0.5, 0.6) is 0 Å². The molecule has 0 unspecified atom stereocenters. The summed E-state index contributed by atoms with van der Waals surface area (Å²) in [5.41, 5.74) is -0.303. The Hall–Kier alpha value is -1.64. The van der Waals surface area contributed by atoms with Crippen molar-refractivity contribution in [1.29, 1.82) is 0 Å². The third kappa shape index (κ3) is 4.97. The van der Waals surface area contributed by atoms with Gasteiger partial charge >= 0.3 is 0 Å². The summed E-state index contributed by atoms with van der Waals surface area (Å²) in [4.78, 5) is 25.3. The number of likely N-dealkylation sites (N-methyl/N-ethyl adjacent to an activating group) is 1. The van der Waals surface area contributed by atoms with E-state index in [1.54, 1.807) is 11.7 Å². The molecule has 1 N–H and O–H groups in total. The van der Waals surface area contributed by atoms with Crippen molar-refractivity contribution < 1.29 is 9.59 Å². The second-order valence-electron chi connectivity index (χ2n) is 6.47. The van der Waals surface area contributed by atoms with E-state index in [0.29, 0.717) is 11.2 Å². The second-order valence-corrected chi connectivity index (χ2v) is 7.42. The monoisotopic (exact) mass is 326 g/mol. The number of carbonyl (C=O) groups is 2. The van der Waals surface area contributed by atoms with Crippen molar-refractivity contribution in [2.45, 2.75) is 50.4 Å². The predicted molar refractivity (Wildman–Crippen MR) is 82.3 cm³/mol. The van der Waals surface area contributed by atoms with Gasteiger partial charge in [-0.3, -0.25) is 9.59 Å². The number of hydrogen-bond donors (Lipinski definition) is 1. The van der Waals surface area contributed by atoms with Crippen LogP contribution >= 0.6 is 11.8 Å². The van der Waals surface area contributed by atoms with E-state index in [1.807, 2.05) is 20.8 Å². The molecule has 0 bridgehead atoms. The number of thioether (sulfide) groups is 1. The first-order chi connectivity index (χ1) is 10.3. The maximum absolute atomic E-state index is 12.1. The summed E-state index contributed by atoms with van der Waals surface area (Å²) in [6, 6.07) is 0.378. The van der Waals surface area contributed by atoms with Gasteiger partial charge in [-0.05, 0) is 44.0 Å². The fourth-order valence-electron chi connectivity index (χ4n) is 1.83. The van der Waals surface area contributed by atoms with Gasteiger partial charge in [0.05, 0.1) is 18.3 Å². The Kier molecular flexibility index (Phi) is 5.05. The van der Waals surface area contributed by atoms with Crippen LogP contribution in [0.15, 0.2) is 5.16 Å². The summed E-state index contributed by atoms with van der Waals surface area (Å²) in [5, 5.41) is 15.0. The largest absolute Gasteiger partial charge is 0.350 e. The Morgan fingerprint density at radius 1 is 1.41 bits per heavy atom. The van der Waals surface area contributed by atoms with Gasteiger partial charge in [0.2, 0.25) is 17.0 Å². The summed E-state index contributed by atoms with van der Waals surface area (Å²) in [5.74, 6) is -0.0811. The van der Waals surface area contributed by atoms with Crippen LogP contribution in [0.2, 0.25) is 0 Å². The van der Waals surface area contributed by atoms with Crippen LogP contribution in [0.4, 0.5) is 0 Å². The molecular weight excluding hydrogens is 304 g/mol. The lowest BCUT2D eigenvalue weighted by Crippen LogP contribution is -2.46. The van der Waals surface area contributed by atoms with Gasteiger partial charge in [-0.15, -0.1) is 5.10 Å². The van der Waals surface area contributed by atoms with Gasteiger partial charge in [0.25, 0.3) is 0 Å². The first-order valence-corrected chi connectivity index (χ1v) is 8.20. The van der Waals surface area contributed by atoms with E-state index in [4.69, 9.17) is 0 Å². The van der Waals surface area contributed by atoms with Crippen molar-refractivity contribution in [3.63, 3.8) is 0 Å². The van der Waals surface area contributed by atoms with E-state index in [-0.39, 0.29) is 29.7 Å². The molecule has 1 heterocycles. The molecule has 2 amide bonds. The second kappa shape index (κ2) is 6.64. The SMILES string of the molecule is CN(CC(=O)NC(C)(C)C)C(=O)CSc1nnnn1C1CC1. The number of amides is 2. The summed E-state index contributed by atoms with van der Waals surface area (Å²) >= 11 is 1.30. The molecule has 0 aliphatic heterocycles. The summed E-state index contributed by atoms with van der Waals surface area (Å²) < 4.78 is 1.77. The third-order valence-corrected chi connectivity index (χ3v) is 3.92. The van der Waals surface area contributed by atoms with Gasteiger partial charge < -0.3 is 10.2 Å². The quantitative estimate of drug-likeness (QED) is 0.764. The Bertz CT molecular complexity index is 549. The van der Waals surface area contributed by atoms with Crippen molar-refractivity contribution in [1.82, 2.24) is 30.4 Å². The average molecular weight is 326 g/mol. The standard InChI is InChI=1S/C13H22N6O2S/c1-13(2,3)14-10(20)7-18(4)11(21)8-22-12-15-16-17-19(12)9-5-6-9/h9H,5-8H2,1-4H3,(H,14,20). The fourth-order valence-corrected chi connectivity index (χ4v) is 2.71. The molecule has 1 aromatic heterocycles. The van der Waals surface area contributed by atoms with Gasteiger partial charge in [-0.1, -0.05) is 11.8 Å². The highest BCUT2D eigenvalue weighted by Crippen LogP contribution is 2.36. The number of carbonyl (C=O) groups excluding carboxylic acids is 2. The molecule has 122 valence electrons. The number of tetrazole rings is 1. The minimum Gasteiger partial charge on any atom is -0.350 e. The van der Waals surface area contributed by atoms with Gasteiger partial charge in [0, 0.05) is 12.6 Å². The first-order valence-electron chi connectivity index (χ1n) is 7.22. The first kappa shape index (κ1) is 16.7. The number of aromatic nitrogens is 4. The molecule has 0 radical (unpaired) electrons. The molecular formula is C13H22N6O2S. The lowest BCUT2D eigenvalue weighted by molar-refractivity contribution is -0.133. The molecule has 1 aliphatic rings. The molecule has 1 aromatic rings. The Balaban J connectivity index is 1.79. The van der Waals surface area contributed by atoms with Gasteiger partial charge in [0.15, 0.2) is 0 Å². The highest BCUT2D eigenvalue weighted by molar-refractivity contribution is 7.99. The minimum atomic E-state index is -0.303. The molecule has 9 heteroatoms. The van der Waals surface area contributed by atoms with Gasteiger partial charge in [-0.2, -0.15) is 0 Å². The number of nitrogens with zero attached hydrogens (tertiary/aromatic N) is 5. The van der Waals surface area contributed by atoms with Crippen molar-refractivity contribution in [3.05, 3.63) is 0 Å². The Labute approximate surface area is 134 Å². The van der Waals surface area contributed by atoms with Crippen LogP contribution in [0.3, 0.4) is 0 Å². The molecule has 0 atom stereocenters. The Morgan fingerprint density at radius 2 is 2.09 bits per heavy atom. The topological polar surface area (TPSA) is 93.0 Å². The molecule has 8 nitrogen and oxygen atoms in total. The van der Waals surface area contributed by atoms with Crippen molar-refractivity contribution in [2.75, 3.05) is 19.3 Å². The minimum absolute atomic E-state index is 0.0459. The zero-order valence-corrected chi connectivity index (χ0v) is 14.2. The number of nitrogens with one attached hydrogen (secondary N) is 1. The molecule has 1 fully saturated rings. The highest BCUT2D eigenvalue weighted by Gasteiger charge is 2.28. The van der Waals surface area contributed by atoms with Crippen LogP contribution in [0.1, 0.15) is 39.7 Å². The molecule has 0 saturated heterocycles. The van der Waals surface area contributed by atoms with Crippen molar-refractivity contribution in [3.8, 4) is 0 Å². The summed E-state index contributed by atoms with van der Waals surface area (Å²) in [6.45, 7) is 5.76. The molecule has 1 aliphatic carbocycles. The molecule has 1 saturated carbocycles. The summed E-state index contributed by atoms with van der Waals surface area (Å²) in [7, 11) is 1.62. The van der Waals surface area contributed by atoms with E-state index in [1.165, 1.54) is 16.7 Å². The smallest absolute Gasteiger partial charge is 0.240 e. The van der Waals surface area contributed by atoms with Crippen LogP contribution in [-0.2, 0) is 9.59 Å². The lowest BCUT2D eigenvalue weighted by Gasteiger charge is -2.23. The average Bonchev–Trinajstić information content (AvgIpc) is 3.12. The lowest BCUT2D eigenvalue weighted by atomic mass is 10.1. The molecule has 2 rings (SSSR count). The Morgan fingerprint density at radius 3 is 2.68 bits per heavy atom. The van der Waals surface area contributed by atoms with Crippen LogP contribution in [-0.4, -0.2) is 61.8 Å². The summed E-state index contributed by atoms with van der Waals surface area (Å²) in [6.07, 6.45) is 2.17. The van der Waals surface area contributed by atoms with Crippen LogP contribution < -0.4 is 5.32 Å². The predicted octanol–water partition coefficient (Wildman–Crippen LogP) is 0.473. The van der Waals surface area contributed by atoms with E-state index < -0.39 is 0 Å². The third-order valence-electron chi connectivity index (χ3n) is 3.00. The van der Waals surface area contributed by atoms with Gasteiger partial charge in [0.1, 0.15) is 0 Å². The van der Waals surface area contributed by atoms with E-state index in [0.717, 1.165) is 12.8 Å². The van der Waals surface area contributed by atoms with E-state index in [2.05, 4.69) is 20.8 Å². The van der Waals surface area contributed by atoms with Crippen molar-refractivity contribution >= 4 is 23.6 Å². The zero-order chi connectivity index (χ0) is 16.3. The maximum atomic E-state index is 12.1. The molecule has 22 heavy (non-hydrogen) atoms. The maximum Gasteiger partial charge on any atom is 0.240 e.